The third-order valence-corrected chi connectivity index (χ3v) is 9.21. The number of benzene rings is 1. The fourth-order valence-electron chi connectivity index (χ4n) is 7.68. The maximum absolute atomic E-state index is 6.91. The van der Waals surface area contributed by atoms with E-state index in [0.717, 1.165) is 72.8 Å². The molecule has 4 aliphatic rings. The first-order chi connectivity index (χ1) is 17.7. The van der Waals surface area contributed by atoms with Crippen LogP contribution in [0.25, 0.3) is 11.2 Å². The molecule has 3 aromatic heterocycles. The summed E-state index contributed by atoms with van der Waals surface area (Å²) >= 11 is 0. The number of nitrogens with one attached hydrogen (secondary N) is 1. The minimum absolute atomic E-state index is 0.129. The number of rotatable bonds is 2. The van der Waals surface area contributed by atoms with Gasteiger partial charge in [-0.05, 0) is 73.6 Å². The molecule has 3 N–H and O–H groups in total. The third-order valence-electron chi connectivity index (χ3n) is 9.21. The Morgan fingerprint density at radius 1 is 1.03 bits per heavy atom. The number of nitrogens with zero attached hydrogens (tertiary/aromatic N) is 6. The summed E-state index contributed by atoms with van der Waals surface area (Å²) in [4.78, 5) is 19.3. The van der Waals surface area contributed by atoms with Gasteiger partial charge in [0.15, 0.2) is 17.0 Å². The fraction of sp³-hybridized carbons (Fsp3) is 0.429. The molecule has 0 amide bonds. The van der Waals surface area contributed by atoms with Crippen LogP contribution in [0.1, 0.15) is 55.0 Å². The number of anilines is 3. The molecule has 0 saturated carbocycles. The van der Waals surface area contributed by atoms with E-state index in [9.17, 15) is 0 Å². The van der Waals surface area contributed by atoms with E-state index in [0.29, 0.717) is 12.1 Å². The maximum Gasteiger partial charge on any atom is 0.183 e. The Morgan fingerprint density at radius 3 is 2.75 bits per heavy atom. The van der Waals surface area contributed by atoms with Crippen molar-refractivity contribution in [3.05, 3.63) is 65.6 Å². The highest BCUT2D eigenvalue weighted by Gasteiger charge is 2.54. The number of nitrogens with two attached hydrogens (primary N) is 1. The van der Waals surface area contributed by atoms with E-state index in [1.165, 1.54) is 24.0 Å². The second-order valence-corrected chi connectivity index (χ2v) is 11.1. The summed E-state index contributed by atoms with van der Waals surface area (Å²) in [5.41, 5.74) is 13.7. The number of aromatic amines is 1. The van der Waals surface area contributed by atoms with Gasteiger partial charge in [0.2, 0.25) is 0 Å². The van der Waals surface area contributed by atoms with Crippen LogP contribution < -0.4 is 15.5 Å². The summed E-state index contributed by atoms with van der Waals surface area (Å²) in [6, 6.07) is 13.9. The zero-order valence-corrected chi connectivity index (χ0v) is 20.3. The highest BCUT2D eigenvalue weighted by Crippen LogP contribution is 2.57. The van der Waals surface area contributed by atoms with Crippen molar-refractivity contribution in [1.29, 1.82) is 0 Å². The second kappa shape index (κ2) is 7.49. The lowest BCUT2D eigenvalue weighted by molar-refractivity contribution is 0.155. The molecular weight excluding hydrogens is 448 g/mol. The molecule has 8 nitrogen and oxygen atoms in total. The molecule has 2 fully saturated rings. The molecule has 6 heterocycles. The van der Waals surface area contributed by atoms with E-state index in [1.54, 1.807) is 0 Å². The van der Waals surface area contributed by atoms with Gasteiger partial charge in [-0.2, -0.15) is 5.10 Å². The quantitative estimate of drug-likeness (QED) is 0.445. The monoisotopic (exact) mass is 478 g/mol. The van der Waals surface area contributed by atoms with Crippen molar-refractivity contribution in [2.24, 2.45) is 11.1 Å². The van der Waals surface area contributed by atoms with Crippen molar-refractivity contribution in [2.75, 3.05) is 16.3 Å². The van der Waals surface area contributed by atoms with Gasteiger partial charge in [0, 0.05) is 30.9 Å². The van der Waals surface area contributed by atoms with Crippen molar-refractivity contribution in [3.63, 3.8) is 0 Å². The predicted octanol–water partition coefficient (Wildman–Crippen LogP) is 4.21. The van der Waals surface area contributed by atoms with Crippen LogP contribution in [0.15, 0.2) is 48.8 Å². The maximum atomic E-state index is 6.91. The molecule has 1 aliphatic carbocycles. The van der Waals surface area contributed by atoms with Crippen LogP contribution in [0.3, 0.4) is 0 Å². The Balaban J connectivity index is 1.10. The summed E-state index contributed by atoms with van der Waals surface area (Å²) in [6.07, 6.45) is 11.6. The van der Waals surface area contributed by atoms with Crippen molar-refractivity contribution < 1.29 is 0 Å². The number of pyridine rings is 1. The van der Waals surface area contributed by atoms with Crippen molar-refractivity contribution >= 4 is 28.5 Å². The average molecular weight is 479 g/mol. The minimum Gasteiger partial charge on any atom is -0.349 e. The van der Waals surface area contributed by atoms with E-state index in [4.69, 9.17) is 15.7 Å². The standard InChI is InChI=1S/C28H30N8/c29-25-20-6-2-1-5-17(20)13-28(25)14-18-9-10-19(15-28)36(18)23-16-31-24-26(32-23)33-34-27(24)35-12-4-7-21-22(35)8-3-11-30-21/h1-3,5-6,8,11,16,18-19,25H,4,7,9-10,12-15,29H2,(H,32,33,34)/t18-,19?,25-,28+/m1/s1. The molecule has 8 rings (SSSR count). The molecule has 36 heavy (non-hydrogen) atoms. The third kappa shape index (κ3) is 2.85. The first-order valence-corrected chi connectivity index (χ1v) is 13.2. The van der Waals surface area contributed by atoms with Crippen LogP contribution in [-0.2, 0) is 12.8 Å². The molecular formula is C28H30N8. The Bertz CT molecular complexity index is 1460. The molecule has 1 unspecified atom stereocenters. The van der Waals surface area contributed by atoms with Gasteiger partial charge >= 0.3 is 0 Å². The van der Waals surface area contributed by atoms with Gasteiger partial charge in [0.05, 0.1) is 17.6 Å². The number of hydrogen-bond acceptors (Lipinski definition) is 7. The summed E-state index contributed by atoms with van der Waals surface area (Å²) in [7, 11) is 0. The van der Waals surface area contributed by atoms with E-state index >= 15 is 0 Å². The minimum atomic E-state index is 0.129. The van der Waals surface area contributed by atoms with E-state index in [2.05, 4.69) is 55.3 Å². The van der Waals surface area contributed by atoms with Gasteiger partial charge in [-0.1, -0.05) is 24.3 Å². The number of H-pyrrole nitrogens is 1. The zero-order chi connectivity index (χ0) is 23.9. The Kier molecular flexibility index (Phi) is 4.30. The van der Waals surface area contributed by atoms with Gasteiger partial charge in [0.1, 0.15) is 5.82 Å². The Morgan fingerprint density at radius 2 is 1.89 bits per heavy atom. The van der Waals surface area contributed by atoms with Gasteiger partial charge in [-0.25, -0.2) is 9.97 Å². The van der Waals surface area contributed by atoms with Gasteiger partial charge in [0.25, 0.3) is 0 Å². The van der Waals surface area contributed by atoms with E-state index in [-0.39, 0.29) is 11.5 Å². The number of fused-ring (bicyclic) bond motifs is 5. The van der Waals surface area contributed by atoms with Crippen LogP contribution >= 0.6 is 0 Å². The van der Waals surface area contributed by atoms with Gasteiger partial charge in [-0.15, -0.1) is 0 Å². The first-order valence-electron chi connectivity index (χ1n) is 13.2. The molecule has 1 aromatic carbocycles. The number of aryl methyl sites for hydroxylation is 1. The summed E-state index contributed by atoms with van der Waals surface area (Å²) in [5.74, 6) is 1.80. The van der Waals surface area contributed by atoms with Crippen molar-refractivity contribution in [2.45, 2.75) is 63.1 Å². The largest absolute Gasteiger partial charge is 0.349 e. The SMILES string of the molecule is N[C@@H]1c2ccccc2C[C@]12CC1CC[C@H](C2)N1c1cnc2c(N3CCCc4ncccc43)n[nH]c2n1. The molecule has 4 aromatic rings. The Labute approximate surface area is 209 Å². The molecule has 4 atom stereocenters. The van der Waals surface area contributed by atoms with Crippen LogP contribution in [0.5, 0.6) is 0 Å². The molecule has 1 spiro atoms. The number of piperidine rings is 1. The lowest BCUT2D eigenvalue weighted by Crippen LogP contribution is -2.51. The first kappa shape index (κ1) is 20.7. The van der Waals surface area contributed by atoms with Crippen LogP contribution in [0, 0.1) is 5.41 Å². The number of hydrogen-bond donors (Lipinski definition) is 2. The lowest BCUT2D eigenvalue weighted by atomic mass is 9.70. The smallest absolute Gasteiger partial charge is 0.183 e. The highest BCUT2D eigenvalue weighted by atomic mass is 15.3. The van der Waals surface area contributed by atoms with Crippen molar-refractivity contribution in [3.8, 4) is 0 Å². The highest BCUT2D eigenvalue weighted by molar-refractivity contribution is 5.87. The summed E-state index contributed by atoms with van der Waals surface area (Å²) in [6.45, 7) is 0.906. The summed E-state index contributed by atoms with van der Waals surface area (Å²) < 4.78 is 0. The van der Waals surface area contributed by atoms with Crippen molar-refractivity contribution in [1.82, 2.24) is 25.1 Å². The molecule has 8 heteroatoms. The molecule has 2 bridgehead atoms. The molecule has 2 saturated heterocycles. The summed E-state index contributed by atoms with van der Waals surface area (Å²) in [5, 5.41) is 7.84. The van der Waals surface area contributed by atoms with Gasteiger partial charge < -0.3 is 15.5 Å². The van der Waals surface area contributed by atoms with Crippen LogP contribution in [0.4, 0.5) is 17.3 Å². The van der Waals surface area contributed by atoms with Crippen LogP contribution in [-0.4, -0.2) is 43.8 Å². The molecule has 3 aliphatic heterocycles. The molecule has 182 valence electrons. The lowest BCUT2D eigenvalue weighted by Gasteiger charge is -2.47. The normalized spacial score (nSPS) is 28.6. The van der Waals surface area contributed by atoms with Crippen LogP contribution in [0.2, 0.25) is 0 Å². The fourth-order valence-corrected chi connectivity index (χ4v) is 7.68. The Hall–Kier alpha value is -3.52. The average Bonchev–Trinajstić information content (AvgIpc) is 3.54. The topological polar surface area (TPSA) is 99.9 Å². The molecule has 0 radical (unpaired) electrons. The van der Waals surface area contributed by atoms with E-state index < -0.39 is 0 Å². The van der Waals surface area contributed by atoms with Gasteiger partial charge in [-0.3, -0.25) is 10.1 Å². The van der Waals surface area contributed by atoms with E-state index in [1.807, 2.05) is 18.5 Å². The predicted molar refractivity (Wildman–Crippen MR) is 139 cm³/mol. The number of aromatic nitrogens is 5. The second-order valence-electron chi connectivity index (χ2n) is 11.1. The zero-order valence-electron chi connectivity index (χ0n) is 20.3.